The number of imidazole rings is 1. The molecule has 10 nitrogen and oxygen atoms in total. The number of nitrogens with two attached hydrogens (primary N) is 2. The molecule has 0 bridgehead atoms. The number of carbonyl (C=O) groups excluding carboxylic acids is 1. The number of amides is 1. The molecular weight excluding hydrogens is 482 g/mol. The monoisotopic (exact) mass is 511 g/mol. The zero-order chi connectivity index (χ0) is 27.4. The van der Waals surface area contributed by atoms with Crippen LogP contribution >= 0.6 is 0 Å². The number of benzene rings is 3. The van der Waals surface area contributed by atoms with E-state index in [4.69, 9.17) is 27.3 Å². The molecule has 0 spiro atoms. The first-order valence-corrected chi connectivity index (χ1v) is 12.0. The molecule has 1 unspecified atom stereocenters. The van der Waals surface area contributed by atoms with Crippen molar-refractivity contribution in [1.82, 2.24) is 14.9 Å². The van der Waals surface area contributed by atoms with Gasteiger partial charge in [-0.15, -0.1) is 0 Å². The highest BCUT2D eigenvalue weighted by molar-refractivity contribution is 5.99. The third kappa shape index (κ3) is 5.86. The number of aryl methyl sites for hydroxylation is 3. The van der Waals surface area contributed by atoms with Gasteiger partial charge in [-0.05, 0) is 35.7 Å². The van der Waals surface area contributed by atoms with Crippen LogP contribution in [0.5, 0.6) is 0 Å². The van der Waals surface area contributed by atoms with Crippen LogP contribution in [0, 0.1) is 10.8 Å². The first-order chi connectivity index (χ1) is 18.1. The molecule has 4 aromatic rings. The highest BCUT2D eigenvalue weighted by Crippen LogP contribution is 2.19. The highest BCUT2D eigenvalue weighted by Gasteiger charge is 2.22. The second-order valence-electron chi connectivity index (χ2n) is 9.08. The maximum absolute atomic E-state index is 12.9. The van der Waals surface area contributed by atoms with Crippen molar-refractivity contribution in [2.24, 2.45) is 18.5 Å². The Morgan fingerprint density at radius 2 is 1.45 bits per heavy atom. The Kier molecular flexibility index (Phi) is 7.52. The Hall–Kier alpha value is -4.99. The van der Waals surface area contributed by atoms with Crippen molar-refractivity contribution < 1.29 is 14.7 Å². The summed E-state index contributed by atoms with van der Waals surface area (Å²) in [5.74, 6) is -0.838. The molecule has 194 valence electrons. The van der Waals surface area contributed by atoms with Crippen molar-refractivity contribution >= 4 is 34.6 Å². The van der Waals surface area contributed by atoms with E-state index in [0.717, 1.165) is 23.3 Å². The third-order valence-electron chi connectivity index (χ3n) is 6.45. The molecular formula is C28H29N7O3. The van der Waals surface area contributed by atoms with E-state index in [9.17, 15) is 14.7 Å². The topological polar surface area (TPSA) is 184 Å². The Balaban J connectivity index is 1.45. The Morgan fingerprint density at radius 1 is 0.895 bits per heavy atom. The highest BCUT2D eigenvalue weighted by atomic mass is 16.4. The van der Waals surface area contributed by atoms with Crippen LogP contribution in [0.25, 0.3) is 11.0 Å². The van der Waals surface area contributed by atoms with E-state index in [2.05, 4.69) is 5.32 Å². The molecule has 0 aliphatic carbocycles. The number of amidine groups is 2. The van der Waals surface area contributed by atoms with Crippen molar-refractivity contribution in [3.8, 4) is 0 Å². The van der Waals surface area contributed by atoms with Crippen molar-refractivity contribution in [2.45, 2.75) is 25.3 Å². The smallest absolute Gasteiger partial charge is 0.326 e. The van der Waals surface area contributed by atoms with Crippen molar-refractivity contribution in [1.29, 1.82) is 10.8 Å². The van der Waals surface area contributed by atoms with Gasteiger partial charge < -0.3 is 26.5 Å². The molecule has 4 rings (SSSR count). The number of rotatable bonds is 10. The standard InChI is InChI=1S/C28H29N7O3/c1-35-23-12-11-20(15-21(23)33-24(35)13-6-16-2-7-18(8-3-16)25(29)30)27(36)34-22(28(37)38)14-17-4-9-19(10-5-17)26(31)32/h2-5,7-12,15,22H,6,13-14H2,1H3,(H3,29,30)(H3,31,32)(H,34,36)(H,37,38). The fraction of sp³-hybridized carbons (Fsp3) is 0.179. The van der Waals surface area contributed by atoms with Crippen LogP contribution in [-0.4, -0.2) is 44.2 Å². The lowest BCUT2D eigenvalue weighted by Gasteiger charge is -2.15. The number of carboxylic acids is 1. The van der Waals surface area contributed by atoms with E-state index in [1.165, 1.54) is 0 Å². The van der Waals surface area contributed by atoms with Gasteiger partial charge in [-0.1, -0.05) is 48.5 Å². The molecule has 1 amide bonds. The van der Waals surface area contributed by atoms with E-state index >= 15 is 0 Å². The number of aliphatic carboxylic acids is 1. The van der Waals surface area contributed by atoms with Crippen molar-refractivity contribution in [2.75, 3.05) is 0 Å². The number of nitrogens with zero attached hydrogens (tertiary/aromatic N) is 2. The van der Waals surface area contributed by atoms with Gasteiger partial charge in [-0.2, -0.15) is 0 Å². The Labute approximate surface area is 219 Å². The molecule has 0 radical (unpaired) electrons. The van der Waals surface area contributed by atoms with Crippen LogP contribution in [0.15, 0.2) is 66.7 Å². The summed E-state index contributed by atoms with van der Waals surface area (Å²) >= 11 is 0. The van der Waals surface area contributed by atoms with Crippen molar-refractivity contribution in [3.05, 3.63) is 100 Å². The van der Waals surface area contributed by atoms with E-state index in [1.807, 2.05) is 35.9 Å². The molecule has 38 heavy (non-hydrogen) atoms. The summed E-state index contributed by atoms with van der Waals surface area (Å²) in [5, 5.41) is 27.3. The maximum atomic E-state index is 12.9. The minimum absolute atomic E-state index is 0.0322. The Morgan fingerprint density at radius 3 is 2.00 bits per heavy atom. The molecule has 0 saturated heterocycles. The molecule has 0 saturated carbocycles. The average Bonchev–Trinajstić information content (AvgIpc) is 3.22. The minimum Gasteiger partial charge on any atom is -0.480 e. The van der Waals surface area contributed by atoms with Crippen LogP contribution in [0.2, 0.25) is 0 Å². The van der Waals surface area contributed by atoms with Gasteiger partial charge in [0.2, 0.25) is 0 Å². The Bertz CT molecular complexity index is 1520. The number of nitrogen functional groups attached to an aromatic ring is 2. The largest absolute Gasteiger partial charge is 0.480 e. The van der Waals surface area contributed by atoms with Gasteiger partial charge in [0.25, 0.3) is 5.91 Å². The molecule has 1 atom stereocenters. The van der Waals surface area contributed by atoms with E-state index in [1.54, 1.807) is 42.5 Å². The summed E-state index contributed by atoms with van der Waals surface area (Å²) < 4.78 is 1.98. The van der Waals surface area contributed by atoms with Crippen LogP contribution in [0.3, 0.4) is 0 Å². The molecule has 10 heteroatoms. The summed E-state index contributed by atoms with van der Waals surface area (Å²) in [7, 11) is 1.92. The number of carboxylic acid groups (broad SMARTS) is 1. The molecule has 0 aliphatic heterocycles. The SMILES string of the molecule is Cn1c(CCc2ccc(C(=N)N)cc2)nc2cc(C(=O)NC(Cc3ccc(C(=N)N)cc3)C(=O)O)ccc21. The van der Waals surface area contributed by atoms with E-state index < -0.39 is 17.9 Å². The van der Waals surface area contributed by atoms with Crippen LogP contribution < -0.4 is 16.8 Å². The number of nitrogens with one attached hydrogen (secondary N) is 3. The van der Waals surface area contributed by atoms with Crippen LogP contribution in [0.1, 0.15) is 38.4 Å². The van der Waals surface area contributed by atoms with Crippen molar-refractivity contribution in [3.63, 3.8) is 0 Å². The van der Waals surface area contributed by atoms with E-state index in [0.29, 0.717) is 34.2 Å². The predicted octanol–water partition coefficient (Wildman–Crippen LogP) is 2.35. The van der Waals surface area contributed by atoms with Crippen LogP contribution in [-0.2, 0) is 31.1 Å². The summed E-state index contributed by atoms with van der Waals surface area (Å²) in [6.07, 6.45) is 1.51. The van der Waals surface area contributed by atoms with E-state index in [-0.39, 0.29) is 18.1 Å². The quantitative estimate of drug-likeness (QED) is 0.140. The maximum Gasteiger partial charge on any atom is 0.326 e. The number of aromatic nitrogens is 2. The summed E-state index contributed by atoms with van der Waals surface area (Å²) in [5.41, 5.74) is 15.8. The summed E-state index contributed by atoms with van der Waals surface area (Å²) in [6, 6.07) is 18.2. The molecule has 8 N–H and O–H groups in total. The van der Waals surface area contributed by atoms with Gasteiger partial charge in [0.05, 0.1) is 11.0 Å². The summed E-state index contributed by atoms with van der Waals surface area (Å²) in [6.45, 7) is 0. The molecule has 3 aromatic carbocycles. The number of hydrogen-bond donors (Lipinski definition) is 6. The third-order valence-corrected chi connectivity index (χ3v) is 6.45. The summed E-state index contributed by atoms with van der Waals surface area (Å²) in [4.78, 5) is 29.5. The molecule has 0 fully saturated rings. The number of fused-ring (bicyclic) bond motifs is 1. The lowest BCUT2D eigenvalue weighted by molar-refractivity contribution is -0.139. The first-order valence-electron chi connectivity index (χ1n) is 12.0. The first kappa shape index (κ1) is 26.1. The fourth-order valence-corrected chi connectivity index (χ4v) is 4.22. The van der Waals surface area contributed by atoms with Gasteiger partial charge in [0.1, 0.15) is 23.5 Å². The zero-order valence-corrected chi connectivity index (χ0v) is 20.9. The number of carbonyl (C=O) groups is 2. The zero-order valence-electron chi connectivity index (χ0n) is 20.9. The molecule has 1 aromatic heterocycles. The predicted molar refractivity (Wildman–Crippen MR) is 146 cm³/mol. The van der Waals surface area contributed by atoms with Crippen LogP contribution in [0.4, 0.5) is 0 Å². The normalized spacial score (nSPS) is 11.7. The van der Waals surface area contributed by atoms with Gasteiger partial charge in [0.15, 0.2) is 0 Å². The molecule has 1 heterocycles. The van der Waals surface area contributed by atoms with Gasteiger partial charge in [0, 0.05) is 36.6 Å². The average molecular weight is 512 g/mol. The number of hydrogen-bond acceptors (Lipinski definition) is 5. The minimum atomic E-state index is -1.15. The van der Waals surface area contributed by atoms with Gasteiger partial charge in [-0.3, -0.25) is 15.6 Å². The molecule has 0 aliphatic rings. The van der Waals surface area contributed by atoms with Gasteiger partial charge in [-0.25, -0.2) is 9.78 Å². The lowest BCUT2D eigenvalue weighted by Crippen LogP contribution is -2.42. The lowest BCUT2D eigenvalue weighted by atomic mass is 10.0. The van der Waals surface area contributed by atoms with Gasteiger partial charge >= 0.3 is 5.97 Å². The fourth-order valence-electron chi connectivity index (χ4n) is 4.22. The second-order valence-corrected chi connectivity index (χ2v) is 9.08. The second kappa shape index (κ2) is 11.0.